The second-order valence-corrected chi connectivity index (χ2v) is 4.96. The molecule has 1 atom stereocenters. The van der Waals surface area contributed by atoms with Gasteiger partial charge in [0.25, 0.3) is 0 Å². The van der Waals surface area contributed by atoms with Crippen LogP contribution in [-0.4, -0.2) is 16.6 Å². The predicted molar refractivity (Wildman–Crippen MR) is 71.2 cm³/mol. The maximum absolute atomic E-state index is 5.96. The van der Waals surface area contributed by atoms with Crippen LogP contribution in [-0.2, 0) is 11.2 Å². The summed E-state index contributed by atoms with van der Waals surface area (Å²) in [5.74, 6) is 1.22. The maximum atomic E-state index is 5.96. The molecule has 2 aromatic rings. The number of ether oxygens (including phenoxy) is 1. The molecule has 4 nitrogen and oxygen atoms in total. The van der Waals surface area contributed by atoms with Crippen molar-refractivity contribution in [1.82, 2.24) is 9.97 Å². The Morgan fingerprint density at radius 3 is 2.82 bits per heavy atom. The van der Waals surface area contributed by atoms with Gasteiger partial charge in [0, 0.05) is 11.5 Å². The van der Waals surface area contributed by atoms with E-state index in [0.717, 1.165) is 16.6 Å². The van der Waals surface area contributed by atoms with Crippen LogP contribution in [0.1, 0.15) is 37.6 Å². The number of thiophene rings is 1. The van der Waals surface area contributed by atoms with Crippen molar-refractivity contribution in [2.45, 2.75) is 33.3 Å². The predicted octanol–water partition coefficient (Wildman–Crippen LogP) is 2.93. The molecule has 0 fully saturated rings. The van der Waals surface area contributed by atoms with Crippen LogP contribution in [0.2, 0.25) is 0 Å². The molecule has 1 unspecified atom stereocenters. The number of hydrogen-bond donors (Lipinski definition) is 1. The molecule has 2 rings (SSSR count). The normalized spacial score (nSPS) is 13.1. The molecule has 0 bridgehead atoms. The van der Waals surface area contributed by atoms with Crippen LogP contribution in [0.4, 0.5) is 5.82 Å². The Hall–Kier alpha value is -1.20. The molecule has 2 N–H and O–H groups in total. The molecule has 0 saturated heterocycles. The lowest BCUT2D eigenvalue weighted by atomic mass is 10.3. The summed E-state index contributed by atoms with van der Waals surface area (Å²) >= 11 is 1.67. The van der Waals surface area contributed by atoms with Gasteiger partial charge in [-0.15, -0.1) is 11.3 Å². The number of nitrogen functional groups attached to an aromatic ring is 1. The molecule has 17 heavy (non-hydrogen) atoms. The summed E-state index contributed by atoms with van der Waals surface area (Å²) in [7, 11) is 0. The molecule has 2 aromatic heterocycles. The first-order valence-electron chi connectivity index (χ1n) is 5.83. The number of nitrogens with zero attached hydrogens (tertiary/aromatic N) is 2. The molecule has 0 aliphatic rings. The van der Waals surface area contributed by atoms with Crippen LogP contribution in [0.5, 0.6) is 0 Å². The lowest BCUT2D eigenvalue weighted by Gasteiger charge is -2.10. The highest BCUT2D eigenvalue weighted by Crippen LogP contribution is 2.29. The minimum absolute atomic E-state index is 0.112. The molecule has 0 radical (unpaired) electrons. The summed E-state index contributed by atoms with van der Waals surface area (Å²) < 4.78 is 5.49. The summed E-state index contributed by atoms with van der Waals surface area (Å²) in [6.07, 6.45) is 0.885. The second-order valence-electron chi connectivity index (χ2n) is 3.85. The topological polar surface area (TPSA) is 61.0 Å². The maximum Gasteiger partial charge on any atom is 0.160 e. The highest BCUT2D eigenvalue weighted by Gasteiger charge is 2.13. The van der Waals surface area contributed by atoms with Gasteiger partial charge < -0.3 is 10.5 Å². The second kappa shape index (κ2) is 4.98. The molecule has 2 heterocycles. The van der Waals surface area contributed by atoms with Crippen molar-refractivity contribution in [3.63, 3.8) is 0 Å². The van der Waals surface area contributed by atoms with Crippen LogP contribution in [0.3, 0.4) is 0 Å². The van der Waals surface area contributed by atoms with Gasteiger partial charge in [0.1, 0.15) is 16.8 Å². The Kier molecular flexibility index (Phi) is 3.59. The van der Waals surface area contributed by atoms with Crippen LogP contribution in [0.25, 0.3) is 10.2 Å². The largest absolute Gasteiger partial charge is 0.383 e. The van der Waals surface area contributed by atoms with Gasteiger partial charge in [-0.1, -0.05) is 6.92 Å². The van der Waals surface area contributed by atoms with Gasteiger partial charge in [-0.2, -0.15) is 0 Å². The van der Waals surface area contributed by atoms with Gasteiger partial charge in [-0.05, 0) is 26.3 Å². The lowest BCUT2D eigenvalue weighted by molar-refractivity contribution is 0.0704. The van der Waals surface area contributed by atoms with Crippen molar-refractivity contribution in [2.24, 2.45) is 0 Å². The van der Waals surface area contributed by atoms with Gasteiger partial charge in [0.05, 0.1) is 5.39 Å². The molecular weight excluding hydrogens is 234 g/mol. The molecule has 0 aromatic carbocycles. The van der Waals surface area contributed by atoms with Gasteiger partial charge in [-0.3, -0.25) is 0 Å². The molecule has 0 saturated carbocycles. The molecule has 0 aliphatic carbocycles. The molecule has 92 valence electrons. The Labute approximate surface area is 105 Å². The van der Waals surface area contributed by atoms with E-state index in [1.165, 1.54) is 4.88 Å². The van der Waals surface area contributed by atoms with Crippen molar-refractivity contribution in [3.05, 3.63) is 16.8 Å². The fourth-order valence-electron chi connectivity index (χ4n) is 1.69. The van der Waals surface area contributed by atoms with Crippen LogP contribution < -0.4 is 5.73 Å². The number of fused-ring (bicyclic) bond motifs is 1. The van der Waals surface area contributed by atoms with Crippen LogP contribution in [0.15, 0.2) is 6.07 Å². The fraction of sp³-hybridized carbons (Fsp3) is 0.500. The number of nitrogens with two attached hydrogens (primary N) is 1. The van der Waals surface area contributed by atoms with Crippen LogP contribution in [0, 0.1) is 0 Å². The summed E-state index contributed by atoms with van der Waals surface area (Å²) in [5.41, 5.74) is 5.96. The number of anilines is 1. The number of hydrogen-bond acceptors (Lipinski definition) is 5. The average Bonchev–Trinajstić information content (AvgIpc) is 2.73. The standard InChI is InChI=1S/C12H17N3OS/c1-4-8-6-9-10(13)14-11(7(3)16-5-2)15-12(9)17-8/h6-7H,4-5H2,1-3H3,(H2,13,14,15). The fourth-order valence-corrected chi connectivity index (χ4v) is 2.67. The van der Waals surface area contributed by atoms with E-state index >= 15 is 0 Å². The van der Waals surface area contributed by atoms with Crippen LogP contribution >= 0.6 is 11.3 Å². The summed E-state index contributed by atoms with van der Waals surface area (Å²) in [6, 6.07) is 2.07. The number of aryl methyl sites for hydroxylation is 1. The Morgan fingerprint density at radius 1 is 1.41 bits per heavy atom. The zero-order chi connectivity index (χ0) is 12.4. The van der Waals surface area contributed by atoms with Crippen molar-refractivity contribution in [3.8, 4) is 0 Å². The first kappa shape index (κ1) is 12.3. The minimum atomic E-state index is -0.112. The van der Waals surface area contributed by atoms with E-state index in [1.807, 2.05) is 13.8 Å². The number of aromatic nitrogens is 2. The highest BCUT2D eigenvalue weighted by atomic mass is 32.1. The van der Waals surface area contributed by atoms with Gasteiger partial charge >= 0.3 is 0 Å². The van der Waals surface area contributed by atoms with Gasteiger partial charge in [-0.25, -0.2) is 9.97 Å². The minimum Gasteiger partial charge on any atom is -0.383 e. The molecule has 5 heteroatoms. The molecule has 0 amide bonds. The zero-order valence-electron chi connectivity index (χ0n) is 10.4. The Bertz CT molecular complexity index is 524. The van der Waals surface area contributed by atoms with E-state index in [2.05, 4.69) is 23.0 Å². The zero-order valence-corrected chi connectivity index (χ0v) is 11.2. The van der Waals surface area contributed by atoms with E-state index in [4.69, 9.17) is 10.5 Å². The molecule has 0 aliphatic heterocycles. The third-order valence-electron chi connectivity index (χ3n) is 2.62. The van der Waals surface area contributed by atoms with Crippen molar-refractivity contribution < 1.29 is 4.74 Å². The van der Waals surface area contributed by atoms with E-state index in [1.54, 1.807) is 11.3 Å². The van der Waals surface area contributed by atoms with E-state index in [-0.39, 0.29) is 6.10 Å². The Balaban J connectivity index is 2.46. The van der Waals surface area contributed by atoms with Gasteiger partial charge in [0.15, 0.2) is 5.82 Å². The molecule has 0 spiro atoms. The van der Waals surface area contributed by atoms with Gasteiger partial charge in [0.2, 0.25) is 0 Å². The third kappa shape index (κ3) is 2.40. The SMILES string of the molecule is CCOC(C)c1nc(N)c2cc(CC)sc2n1. The number of rotatable bonds is 4. The van der Waals surface area contributed by atoms with Crippen molar-refractivity contribution in [2.75, 3.05) is 12.3 Å². The average molecular weight is 251 g/mol. The highest BCUT2D eigenvalue weighted by molar-refractivity contribution is 7.18. The monoisotopic (exact) mass is 251 g/mol. The summed E-state index contributed by atoms with van der Waals surface area (Å²) in [5, 5.41) is 0.958. The lowest BCUT2D eigenvalue weighted by Crippen LogP contribution is -2.06. The van der Waals surface area contributed by atoms with Crippen molar-refractivity contribution >= 4 is 27.4 Å². The van der Waals surface area contributed by atoms with E-state index in [9.17, 15) is 0 Å². The third-order valence-corrected chi connectivity index (χ3v) is 3.79. The van der Waals surface area contributed by atoms with E-state index in [0.29, 0.717) is 18.2 Å². The smallest absolute Gasteiger partial charge is 0.160 e. The first-order chi connectivity index (χ1) is 8.15. The van der Waals surface area contributed by atoms with Crippen molar-refractivity contribution in [1.29, 1.82) is 0 Å². The molecular formula is C12H17N3OS. The quantitative estimate of drug-likeness (QED) is 0.907. The summed E-state index contributed by atoms with van der Waals surface area (Å²) in [6.45, 7) is 6.67. The van der Waals surface area contributed by atoms with E-state index < -0.39 is 0 Å². The summed E-state index contributed by atoms with van der Waals surface area (Å²) in [4.78, 5) is 11.1. The first-order valence-corrected chi connectivity index (χ1v) is 6.64. The Morgan fingerprint density at radius 2 is 2.18 bits per heavy atom.